The van der Waals surface area contributed by atoms with Crippen molar-refractivity contribution in [2.24, 2.45) is 34.3 Å². The molecule has 0 radical (unpaired) electrons. The van der Waals surface area contributed by atoms with Crippen LogP contribution in [0.5, 0.6) is 0 Å². The lowest BCUT2D eigenvalue weighted by molar-refractivity contribution is -0.271. The highest BCUT2D eigenvalue weighted by atomic mass is 35.5. The lowest BCUT2D eigenvalue weighted by Gasteiger charge is -2.70. The number of hydrogen-bond donors (Lipinski definition) is 3. The highest BCUT2D eigenvalue weighted by Gasteiger charge is 2.70. The summed E-state index contributed by atoms with van der Waals surface area (Å²) in [7, 11) is 0. The SMILES string of the molecule is CCC1(O)CC2CC(CC)([C@H](N)C(=O)N[C@@H](C(=O)N3CCC(c4ccc(Cl)cc4)C(C)(C)C3)C(C)C)C21. The largest absolute Gasteiger partial charge is 0.390 e. The smallest absolute Gasteiger partial charge is 0.245 e. The molecule has 0 spiro atoms. The van der Waals surface area contributed by atoms with Gasteiger partial charge in [-0.3, -0.25) is 9.59 Å². The molecule has 0 aromatic heterocycles. The summed E-state index contributed by atoms with van der Waals surface area (Å²) in [6, 6.07) is 6.66. The standard InChI is InChI=1S/C30H46ClN3O3/c1-7-29(15-20-16-30(37,8-2)24(20)29)25(32)26(35)33-23(18(3)4)27(36)34-14-13-22(28(5,6)17-34)19-9-11-21(31)12-10-19/h9-12,18,20,22-25,37H,7-8,13-17,32H2,1-6H3,(H,33,35)/t20?,22?,23-,24?,25-,29?,30?/m1/s1. The number of amides is 2. The third-order valence-electron chi connectivity index (χ3n) is 10.1. The Morgan fingerprint density at radius 2 is 1.81 bits per heavy atom. The number of rotatable bonds is 8. The number of nitrogens with one attached hydrogen (secondary N) is 1. The Labute approximate surface area is 227 Å². The van der Waals surface area contributed by atoms with Gasteiger partial charge in [0.05, 0.1) is 11.6 Å². The molecule has 5 unspecified atom stereocenters. The molecule has 3 aliphatic rings. The fraction of sp³-hybridized carbons (Fsp3) is 0.733. The summed E-state index contributed by atoms with van der Waals surface area (Å²) in [5.74, 6) is 0.470. The van der Waals surface area contributed by atoms with Gasteiger partial charge >= 0.3 is 0 Å². The summed E-state index contributed by atoms with van der Waals surface area (Å²) in [5, 5.41) is 14.8. The summed E-state index contributed by atoms with van der Waals surface area (Å²) in [6.45, 7) is 13.7. The number of fused-ring (bicyclic) bond motifs is 1. The molecule has 1 aromatic rings. The number of nitrogens with two attached hydrogens (primary N) is 1. The number of halogens is 1. The van der Waals surface area contributed by atoms with E-state index in [1.165, 1.54) is 5.56 Å². The van der Waals surface area contributed by atoms with E-state index >= 15 is 0 Å². The van der Waals surface area contributed by atoms with Crippen molar-refractivity contribution in [2.45, 2.75) is 97.2 Å². The molecule has 1 heterocycles. The van der Waals surface area contributed by atoms with Gasteiger partial charge in [0, 0.05) is 23.5 Å². The van der Waals surface area contributed by atoms with Crippen LogP contribution in [0.15, 0.2) is 24.3 Å². The van der Waals surface area contributed by atoms with Gasteiger partial charge in [-0.2, -0.15) is 0 Å². The first-order valence-electron chi connectivity index (χ1n) is 14.1. The number of benzene rings is 1. The third-order valence-corrected chi connectivity index (χ3v) is 10.4. The van der Waals surface area contributed by atoms with Gasteiger partial charge in [0.15, 0.2) is 0 Å². The van der Waals surface area contributed by atoms with E-state index in [1.54, 1.807) is 0 Å². The van der Waals surface area contributed by atoms with Gasteiger partial charge in [-0.15, -0.1) is 0 Å². The minimum absolute atomic E-state index is 0.0380. The van der Waals surface area contributed by atoms with E-state index in [0.717, 1.165) is 30.7 Å². The van der Waals surface area contributed by atoms with E-state index in [2.05, 4.69) is 38.2 Å². The van der Waals surface area contributed by atoms with Crippen LogP contribution in [0.2, 0.25) is 5.02 Å². The minimum atomic E-state index is -0.738. The Morgan fingerprint density at radius 1 is 1.16 bits per heavy atom. The number of likely N-dealkylation sites (tertiary alicyclic amines) is 1. The number of carbonyl (C=O) groups is 2. The number of piperidine rings is 1. The molecule has 6 nitrogen and oxygen atoms in total. The summed E-state index contributed by atoms with van der Waals surface area (Å²) in [4.78, 5) is 29.2. The zero-order valence-electron chi connectivity index (χ0n) is 23.4. The van der Waals surface area contributed by atoms with E-state index in [9.17, 15) is 14.7 Å². The van der Waals surface area contributed by atoms with Crippen LogP contribution < -0.4 is 11.1 Å². The van der Waals surface area contributed by atoms with Gasteiger partial charge < -0.3 is 21.1 Å². The van der Waals surface area contributed by atoms with Crippen LogP contribution in [-0.4, -0.2) is 52.6 Å². The van der Waals surface area contributed by atoms with Crippen molar-refractivity contribution in [2.75, 3.05) is 13.1 Å². The van der Waals surface area contributed by atoms with Crippen molar-refractivity contribution in [1.82, 2.24) is 10.2 Å². The molecule has 2 amide bonds. The third kappa shape index (κ3) is 4.83. The predicted octanol–water partition coefficient (Wildman–Crippen LogP) is 4.73. The zero-order chi connectivity index (χ0) is 27.3. The van der Waals surface area contributed by atoms with Crippen LogP contribution in [-0.2, 0) is 9.59 Å². The molecule has 37 heavy (non-hydrogen) atoms. The van der Waals surface area contributed by atoms with Gasteiger partial charge in [-0.05, 0) is 78.9 Å². The highest BCUT2D eigenvalue weighted by Crippen LogP contribution is 2.69. The van der Waals surface area contributed by atoms with Crippen LogP contribution in [0.4, 0.5) is 0 Å². The van der Waals surface area contributed by atoms with E-state index in [0.29, 0.717) is 31.3 Å². The van der Waals surface area contributed by atoms with Gasteiger partial charge in [-0.1, -0.05) is 65.3 Å². The molecule has 4 rings (SSSR count). The fourth-order valence-corrected chi connectivity index (χ4v) is 8.09. The first-order chi connectivity index (χ1) is 17.3. The quantitative estimate of drug-likeness (QED) is 0.452. The van der Waals surface area contributed by atoms with Gasteiger partial charge in [0.25, 0.3) is 0 Å². The van der Waals surface area contributed by atoms with Crippen molar-refractivity contribution >= 4 is 23.4 Å². The van der Waals surface area contributed by atoms with E-state index in [-0.39, 0.29) is 29.1 Å². The Hall–Kier alpha value is -1.63. The van der Waals surface area contributed by atoms with Crippen LogP contribution in [0.1, 0.15) is 85.1 Å². The first-order valence-corrected chi connectivity index (χ1v) is 14.5. The monoisotopic (exact) mass is 531 g/mol. The minimum Gasteiger partial charge on any atom is -0.390 e. The van der Waals surface area contributed by atoms with E-state index < -0.39 is 23.1 Å². The molecule has 7 atom stereocenters. The number of aliphatic hydroxyl groups is 1. The molecular weight excluding hydrogens is 486 g/mol. The average molecular weight is 532 g/mol. The predicted molar refractivity (Wildman–Crippen MR) is 148 cm³/mol. The maximum absolute atomic E-state index is 13.8. The fourth-order valence-electron chi connectivity index (χ4n) is 7.97. The number of hydrogen-bond acceptors (Lipinski definition) is 4. The van der Waals surface area contributed by atoms with Crippen molar-refractivity contribution in [3.8, 4) is 0 Å². The Kier molecular flexibility index (Phi) is 7.79. The summed E-state index contributed by atoms with van der Waals surface area (Å²) >= 11 is 6.10. The maximum Gasteiger partial charge on any atom is 0.245 e. The molecular formula is C30H46ClN3O3. The normalized spacial score (nSPS) is 34.1. The number of carbonyl (C=O) groups excluding carboxylic acids is 2. The van der Waals surface area contributed by atoms with Crippen LogP contribution >= 0.6 is 11.6 Å². The van der Waals surface area contributed by atoms with Crippen molar-refractivity contribution in [3.05, 3.63) is 34.9 Å². The second kappa shape index (κ2) is 10.2. The first kappa shape index (κ1) is 28.4. The van der Waals surface area contributed by atoms with Crippen molar-refractivity contribution < 1.29 is 14.7 Å². The average Bonchev–Trinajstić information content (AvgIpc) is 2.83. The summed E-state index contributed by atoms with van der Waals surface area (Å²) in [5.41, 5.74) is 6.64. The molecule has 2 saturated carbocycles. The summed E-state index contributed by atoms with van der Waals surface area (Å²) in [6.07, 6.45) is 3.96. The Bertz CT molecular complexity index is 1010. The van der Waals surface area contributed by atoms with Crippen molar-refractivity contribution in [3.63, 3.8) is 0 Å². The number of nitrogens with zero attached hydrogens (tertiary/aromatic N) is 1. The second-order valence-corrected chi connectivity index (χ2v) is 13.5. The lowest BCUT2D eigenvalue weighted by atomic mass is 9.36. The highest BCUT2D eigenvalue weighted by molar-refractivity contribution is 6.30. The van der Waals surface area contributed by atoms with Gasteiger partial charge in [-0.25, -0.2) is 0 Å². The molecule has 2 aliphatic carbocycles. The topological polar surface area (TPSA) is 95.7 Å². The van der Waals surface area contributed by atoms with Gasteiger partial charge in [0.1, 0.15) is 6.04 Å². The molecule has 1 aromatic carbocycles. The molecule has 206 valence electrons. The van der Waals surface area contributed by atoms with E-state index in [1.807, 2.05) is 37.8 Å². The second-order valence-electron chi connectivity index (χ2n) is 13.0. The van der Waals surface area contributed by atoms with Crippen LogP contribution in [0, 0.1) is 28.6 Å². The zero-order valence-corrected chi connectivity index (χ0v) is 24.1. The Balaban J connectivity index is 1.44. The van der Waals surface area contributed by atoms with Gasteiger partial charge in [0.2, 0.25) is 11.8 Å². The molecule has 1 saturated heterocycles. The van der Waals surface area contributed by atoms with Crippen molar-refractivity contribution in [1.29, 1.82) is 0 Å². The molecule has 4 N–H and O–H groups in total. The summed E-state index contributed by atoms with van der Waals surface area (Å²) < 4.78 is 0. The van der Waals surface area contributed by atoms with E-state index in [4.69, 9.17) is 17.3 Å². The molecule has 3 fully saturated rings. The maximum atomic E-state index is 13.8. The van der Waals surface area contributed by atoms with Crippen LogP contribution in [0.25, 0.3) is 0 Å². The van der Waals surface area contributed by atoms with Crippen LogP contribution in [0.3, 0.4) is 0 Å². The molecule has 0 bridgehead atoms. The Morgan fingerprint density at radius 3 is 2.32 bits per heavy atom. The molecule has 7 heteroatoms. The lowest BCUT2D eigenvalue weighted by Crippen LogP contribution is -2.75. The molecule has 1 aliphatic heterocycles.